The van der Waals surface area contributed by atoms with Crippen LogP contribution in [0.25, 0.3) is 0 Å². The second-order valence-corrected chi connectivity index (χ2v) is 4.09. The van der Waals surface area contributed by atoms with E-state index in [0.29, 0.717) is 23.6 Å². The van der Waals surface area contributed by atoms with Crippen LogP contribution in [0.2, 0.25) is 0 Å². The van der Waals surface area contributed by atoms with E-state index in [1.807, 2.05) is 6.92 Å². The molecule has 0 unspecified atom stereocenters. The van der Waals surface area contributed by atoms with Gasteiger partial charge < -0.3 is 15.2 Å². The van der Waals surface area contributed by atoms with Crippen molar-refractivity contribution in [3.05, 3.63) is 53.9 Å². The number of hydrogen-bond acceptors (Lipinski definition) is 5. The first kappa shape index (κ1) is 13.9. The minimum atomic E-state index is -0.461. The van der Waals surface area contributed by atoms with E-state index >= 15 is 0 Å². The van der Waals surface area contributed by atoms with Crippen molar-refractivity contribution in [2.75, 3.05) is 12.3 Å². The smallest absolute Gasteiger partial charge is 0.342 e. The number of ether oxygens (including phenoxy) is 2. The van der Waals surface area contributed by atoms with Gasteiger partial charge in [-0.25, -0.2) is 4.79 Å². The van der Waals surface area contributed by atoms with Gasteiger partial charge in [-0.3, -0.25) is 4.98 Å². The SMILES string of the molecule is CCOc1c(N)cccc1C(=O)OCc1ccncc1. The van der Waals surface area contributed by atoms with Gasteiger partial charge in [0.05, 0.1) is 12.3 Å². The predicted molar refractivity (Wildman–Crippen MR) is 75.4 cm³/mol. The Balaban J connectivity index is 2.11. The molecule has 0 saturated heterocycles. The first-order valence-electron chi connectivity index (χ1n) is 6.29. The van der Waals surface area contributed by atoms with Crippen molar-refractivity contribution >= 4 is 11.7 Å². The molecule has 0 atom stereocenters. The van der Waals surface area contributed by atoms with Gasteiger partial charge in [-0.2, -0.15) is 0 Å². The fraction of sp³-hybridized carbons (Fsp3) is 0.200. The van der Waals surface area contributed by atoms with Crippen LogP contribution in [0.1, 0.15) is 22.8 Å². The maximum Gasteiger partial charge on any atom is 0.342 e. The van der Waals surface area contributed by atoms with Crippen LogP contribution >= 0.6 is 0 Å². The zero-order valence-electron chi connectivity index (χ0n) is 11.2. The minimum Gasteiger partial charge on any atom is -0.491 e. The Kier molecular flexibility index (Phi) is 4.55. The minimum absolute atomic E-state index is 0.182. The van der Waals surface area contributed by atoms with E-state index in [1.54, 1.807) is 42.7 Å². The summed E-state index contributed by atoms with van der Waals surface area (Å²) in [5, 5.41) is 0. The summed E-state index contributed by atoms with van der Waals surface area (Å²) in [5.41, 5.74) is 7.44. The molecule has 0 saturated carbocycles. The number of hydrogen-bond donors (Lipinski definition) is 1. The number of nitrogen functional groups attached to an aromatic ring is 1. The molecule has 5 nitrogen and oxygen atoms in total. The zero-order valence-corrected chi connectivity index (χ0v) is 11.2. The molecule has 0 aliphatic rings. The number of carbonyl (C=O) groups excluding carboxylic acids is 1. The van der Waals surface area contributed by atoms with Gasteiger partial charge in [0, 0.05) is 12.4 Å². The van der Waals surface area contributed by atoms with E-state index < -0.39 is 5.97 Å². The third-order valence-corrected chi connectivity index (χ3v) is 2.67. The van der Waals surface area contributed by atoms with Gasteiger partial charge in [0.2, 0.25) is 0 Å². The molecule has 0 amide bonds. The first-order valence-corrected chi connectivity index (χ1v) is 6.29. The van der Waals surface area contributed by atoms with Crippen molar-refractivity contribution in [1.29, 1.82) is 0 Å². The highest BCUT2D eigenvalue weighted by Gasteiger charge is 2.16. The fourth-order valence-electron chi connectivity index (χ4n) is 1.73. The summed E-state index contributed by atoms with van der Waals surface area (Å²) in [7, 11) is 0. The predicted octanol–water partition coefficient (Wildman–Crippen LogP) is 2.42. The summed E-state index contributed by atoms with van der Waals surface area (Å²) in [6.07, 6.45) is 3.30. The molecule has 20 heavy (non-hydrogen) atoms. The lowest BCUT2D eigenvalue weighted by Crippen LogP contribution is -2.09. The first-order chi connectivity index (χ1) is 9.72. The van der Waals surface area contributed by atoms with E-state index in [2.05, 4.69) is 4.98 Å². The lowest BCUT2D eigenvalue weighted by Gasteiger charge is -2.12. The number of rotatable bonds is 5. The second kappa shape index (κ2) is 6.56. The number of aromatic nitrogens is 1. The summed E-state index contributed by atoms with van der Waals surface area (Å²) in [6, 6.07) is 8.59. The van der Waals surface area contributed by atoms with E-state index in [9.17, 15) is 4.79 Å². The van der Waals surface area contributed by atoms with Gasteiger partial charge in [0.1, 0.15) is 12.2 Å². The Morgan fingerprint density at radius 3 is 2.70 bits per heavy atom. The van der Waals surface area contributed by atoms with E-state index in [-0.39, 0.29) is 6.61 Å². The molecular formula is C15H16N2O3. The van der Waals surface area contributed by atoms with Crippen molar-refractivity contribution in [2.24, 2.45) is 0 Å². The largest absolute Gasteiger partial charge is 0.491 e. The van der Waals surface area contributed by atoms with Crippen LogP contribution in [0.5, 0.6) is 5.75 Å². The van der Waals surface area contributed by atoms with Crippen LogP contribution in [0, 0.1) is 0 Å². The summed E-state index contributed by atoms with van der Waals surface area (Å²) in [6.45, 7) is 2.44. The Morgan fingerprint density at radius 2 is 2.00 bits per heavy atom. The average molecular weight is 272 g/mol. The highest BCUT2D eigenvalue weighted by Crippen LogP contribution is 2.27. The molecule has 1 heterocycles. The maximum absolute atomic E-state index is 12.1. The van der Waals surface area contributed by atoms with Crippen LogP contribution in [0.4, 0.5) is 5.69 Å². The molecule has 0 bridgehead atoms. The fourth-order valence-corrected chi connectivity index (χ4v) is 1.73. The molecule has 2 aromatic rings. The molecule has 0 aliphatic heterocycles. The second-order valence-electron chi connectivity index (χ2n) is 4.09. The summed E-state index contributed by atoms with van der Waals surface area (Å²) < 4.78 is 10.7. The van der Waals surface area contributed by atoms with Crippen LogP contribution < -0.4 is 10.5 Å². The van der Waals surface area contributed by atoms with Gasteiger partial charge in [0.25, 0.3) is 0 Å². The lowest BCUT2D eigenvalue weighted by molar-refractivity contribution is 0.0468. The molecule has 1 aromatic heterocycles. The van der Waals surface area contributed by atoms with Crippen molar-refractivity contribution in [2.45, 2.75) is 13.5 Å². The highest BCUT2D eigenvalue weighted by molar-refractivity contribution is 5.94. The molecule has 2 rings (SSSR count). The van der Waals surface area contributed by atoms with Crippen molar-refractivity contribution in [3.63, 3.8) is 0 Å². The number of pyridine rings is 1. The standard InChI is InChI=1S/C15H16N2O3/c1-2-19-14-12(4-3-5-13(14)16)15(18)20-10-11-6-8-17-9-7-11/h3-9H,2,10,16H2,1H3. The van der Waals surface area contributed by atoms with Gasteiger partial charge in [0.15, 0.2) is 5.75 Å². The van der Waals surface area contributed by atoms with Gasteiger partial charge >= 0.3 is 5.97 Å². The van der Waals surface area contributed by atoms with Gasteiger partial charge in [-0.05, 0) is 36.8 Å². The zero-order chi connectivity index (χ0) is 14.4. The summed E-state index contributed by atoms with van der Waals surface area (Å²) >= 11 is 0. The molecular weight excluding hydrogens is 256 g/mol. The Bertz CT molecular complexity index is 585. The van der Waals surface area contributed by atoms with E-state index in [1.165, 1.54) is 0 Å². The van der Waals surface area contributed by atoms with Crippen LogP contribution in [-0.2, 0) is 11.3 Å². The average Bonchev–Trinajstić information content (AvgIpc) is 2.48. The Labute approximate surface area is 117 Å². The number of nitrogens with two attached hydrogens (primary N) is 1. The van der Waals surface area contributed by atoms with Gasteiger partial charge in [-0.1, -0.05) is 6.07 Å². The normalized spacial score (nSPS) is 10.1. The van der Waals surface area contributed by atoms with Crippen molar-refractivity contribution in [1.82, 2.24) is 4.98 Å². The topological polar surface area (TPSA) is 74.4 Å². The molecule has 5 heteroatoms. The Hall–Kier alpha value is -2.56. The summed E-state index contributed by atoms with van der Waals surface area (Å²) in [4.78, 5) is 16.0. The highest BCUT2D eigenvalue weighted by atomic mass is 16.5. The van der Waals surface area contributed by atoms with Gasteiger partial charge in [-0.15, -0.1) is 0 Å². The third-order valence-electron chi connectivity index (χ3n) is 2.67. The lowest BCUT2D eigenvalue weighted by atomic mass is 10.1. The van der Waals surface area contributed by atoms with Crippen LogP contribution in [0.15, 0.2) is 42.7 Å². The third kappa shape index (κ3) is 3.26. The molecule has 104 valence electrons. The monoisotopic (exact) mass is 272 g/mol. The number of benzene rings is 1. The van der Waals surface area contributed by atoms with E-state index in [0.717, 1.165) is 5.56 Å². The number of anilines is 1. The van der Waals surface area contributed by atoms with Crippen molar-refractivity contribution in [3.8, 4) is 5.75 Å². The number of esters is 1. The quantitative estimate of drug-likeness (QED) is 0.668. The van der Waals surface area contributed by atoms with Crippen LogP contribution in [-0.4, -0.2) is 17.6 Å². The maximum atomic E-state index is 12.1. The Morgan fingerprint density at radius 1 is 1.25 bits per heavy atom. The summed E-state index contributed by atoms with van der Waals surface area (Å²) in [5.74, 6) is -0.0905. The molecule has 0 fully saturated rings. The molecule has 0 aliphatic carbocycles. The molecule has 0 spiro atoms. The van der Waals surface area contributed by atoms with E-state index in [4.69, 9.17) is 15.2 Å². The van der Waals surface area contributed by atoms with Crippen LogP contribution in [0.3, 0.4) is 0 Å². The molecule has 1 aromatic carbocycles. The number of para-hydroxylation sites is 1. The molecule has 0 radical (unpaired) electrons. The number of nitrogens with zero attached hydrogens (tertiary/aromatic N) is 1. The van der Waals surface area contributed by atoms with Crippen molar-refractivity contribution < 1.29 is 14.3 Å². The number of carbonyl (C=O) groups is 1. The molecule has 2 N–H and O–H groups in total.